The van der Waals surface area contributed by atoms with Crippen molar-refractivity contribution in [3.63, 3.8) is 0 Å². The minimum atomic E-state index is -0.566. The number of furan rings is 1. The summed E-state index contributed by atoms with van der Waals surface area (Å²) in [7, 11) is 0. The molecule has 1 aromatic carbocycles. The second-order valence-corrected chi connectivity index (χ2v) is 7.78. The van der Waals surface area contributed by atoms with Crippen LogP contribution in [-0.4, -0.2) is 25.7 Å². The minimum Gasteiger partial charge on any atom is -0.464 e. The first-order chi connectivity index (χ1) is 15.5. The van der Waals surface area contributed by atoms with E-state index in [1.165, 1.54) is 0 Å². The number of hydrogen-bond donors (Lipinski definition) is 2. The minimum absolute atomic E-state index is 0.264. The number of aromatic nitrogens is 4. The van der Waals surface area contributed by atoms with Gasteiger partial charge < -0.3 is 15.1 Å². The summed E-state index contributed by atoms with van der Waals surface area (Å²) < 4.78 is 7.65. The van der Waals surface area contributed by atoms with Crippen LogP contribution in [0, 0.1) is 13.8 Å². The number of fused-ring (bicyclic) bond motifs is 1. The fourth-order valence-electron chi connectivity index (χ4n) is 3.77. The molecule has 3 aromatic heterocycles. The highest BCUT2D eigenvalue weighted by molar-refractivity contribution is 6.05. The SMILES string of the molecule is CC1=C(C(=O)Nc2cccnc2)C(c2ccc(C)o2)n2nc(-c3ccc(C)cc3)nc2N1. The van der Waals surface area contributed by atoms with Crippen LogP contribution in [-0.2, 0) is 4.79 Å². The van der Waals surface area contributed by atoms with Crippen molar-refractivity contribution in [2.75, 3.05) is 10.6 Å². The highest BCUT2D eigenvalue weighted by Crippen LogP contribution is 2.37. The Labute approximate surface area is 185 Å². The zero-order chi connectivity index (χ0) is 22.2. The van der Waals surface area contributed by atoms with Gasteiger partial charge in [0.15, 0.2) is 5.82 Å². The number of rotatable bonds is 4. The van der Waals surface area contributed by atoms with E-state index in [2.05, 4.69) is 20.6 Å². The monoisotopic (exact) mass is 426 g/mol. The first-order valence-corrected chi connectivity index (χ1v) is 10.3. The second kappa shape index (κ2) is 7.81. The van der Waals surface area contributed by atoms with E-state index in [-0.39, 0.29) is 5.91 Å². The summed E-state index contributed by atoms with van der Waals surface area (Å²) in [5.41, 5.74) is 3.84. The van der Waals surface area contributed by atoms with Crippen molar-refractivity contribution in [2.24, 2.45) is 0 Å². The first-order valence-electron chi connectivity index (χ1n) is 10.3. The van der Waals surface area contributed by atoms with E-state index in [1.54, 1.807) is 29.2 Å². The largest absolute Gasteiger partial charge is 0.464 e. The van der Waals surface area contributed by atoms with Gasteiger partial charge in [0.1, 0.15) is 17.6 Å². The predicted octanol–water partition coefficient (Wildman–Crippen LogP) is 4.48. The Balaban J connectivity index is 1.59. The molecule has 32 heavy (non-hydrogen) atoms. The van der Waals surface area contributed by atoms with Crippen LogP contribution >= 0.6 is 0 Å². The third-order valence-corrected chi connectivity index (χ3v) is 5.36. The van der Waals surface area contributed by atoms with Gasteiger partial charge in [0.2, 0.25) is 5.95 Å². The molecule has 4 aromatic rings. The van der Waals surface area contributed by atoms with E-state index < -0.39 is 6.04 Å². The molecule has 0 fully saturated rings. The molecule has 1 atom stereocenters. The van der Waals surface area contributed by atoms with Gasteiger partial charge in [-0.2, -0.15) is 4.98 Å². The number of aryl methyl sites for hydroxylation is 2. The highest BCUT2D eigenvalue weighted by Gasteiger charge is 2.36. The number of allylic oxidation sites excluding steroid dienone is 1. The molecule has 0 spiro atoms. The fourth-order valence-corrected chi connectivity index (χ4v) is 3.77. The van der Waals surface area contributed by atoms with Gasteiger partial charge in [-0.05, 0) is 45.0 Å². The van der Waals surface area contributed by atoms with Crippen LogP contribution in [0.25, 0.3) is 11.4 Å². The molecule has 1 amide bonds. The van der Waals surface area contributed by atoms with Gasteiger partial charge in [-0.15, -0.1) is 5.10 Å². The second-order valence-electron chi connectivity index (χ2n) is 7.78. The number of amides is 1. The highest BCUT2D eigenvalue weighted by atomic mass is 16.3. The van der Waals surface area contributed by atoms with Crippen molar-refractivity contribution in [2.45, 2.75) is 26.8 Å². The van der Waals surface area contributed by atoms with Crippen molar-refractivity contribution >= 4 is 17.5 Å². The van der Waals surface area contributed by atoms with Crippen LogP contribution in [0.3, 0.4) is 0 Å². The van der Waals surface area contributed by atoms with Crippen LogP contribution in [0.2, 0.25) is 0 Å². The molecule has 5 rings (SSSR count). The Hall–Kier alpha value is -4.20. The maximum atomic E-state index is 13.4. The van der Waals surface area contributed by atoms with Crippen molar-refractivity contribution in [1.29, 1.82) is 0 Å². The average molecular weight is 426 g/mol. The fraction of sp³-hybridized carbons (Fsp3) is 0.167. The number of nitrogens with one attached hydrogen (secondary N) is 2. The van der Waals surface area contributed by atoms with Crippen molar-refractivity contribution < 1.29 is 9.21 Å². The summed E-state index contributed by atoms with van der Waals surface area (Å²) >= 11 is 0. The Morgan fingerprint density at radius 1 is 1.09 bits per heavy atom. The molecule has 2 N–H and O–H groups in total. The van der Waals surface area contributed by atoms with Crippen LogP contribution in [0.4, 0.5) is 11.6 Å². The van der Waals surface area contributed by atoms with Crippen molar-refractivity contribution in [3.8, 4) is 11.4 Å². The number of benzene rings is 1. The van der Waals surface area contributed by atoms with Crippen molar-refractivity contribution in [3.05, 3.63) is 89.3 Å². The van der Waals surface area contributed by atoms with Gasteiger partial charge in [0.25, 0.3) is 5.91 Å². The van der Waals surface area contributed by atoms with Crippen LogP contribution in [0.15, 0.2) is 76.6 Å². The molecular formula is C24H22N6O2. The molecule has 0 bridgehead atoms. The zero-order valence-corrected chi connectivity index (χ0v) is 18.0. The number of carbonyl (C=O) groups excluding carboxylic acids is 1. The summed E-state index contributed by atoms with van der Waals surface area (Å²) in [4.78, 5) is 22.1. The lowest BCUT2D eigenvalue weighted by Gasteiger charge is -2.27. The molecule has 1 aliphatic rings. The van der Waals surface area contributed by atoms with E-state index in [9.17, 15) is 4.79 Å². The molecule has 0 saturated carbocycles. The molecule has 0 radical (unpaired) electrons. The third-order valence-electron chi connectivity index (χ3n) is 5.36. The van der Waals surface area contributed by atoms with Gasteiger partial charge in [0, 0.05) is 17.5 Å². The molecule has 8 nitrogen and oxygen atoms in total. The molecule has 0 saturated heterocycles. The van der Waals surface area contributed by atoms with Gasteiger partial charge >= 0.3 is 0 Å². The summed E-state index contributed by atoms with van der Waals surface area (Å²) in [6, 6.07) is 14.8. The maximum Gasteiger partial charge on any atom is 0.256 e. The smallest absolute Gasteiger partial charge is 0.256 e. The lowest BCUT2D eigenvalue weighted by molar-refractivity contribution is -0.113. The summed E-state index contributed by atoms with van der Waals surface area (Å²) in [5, 5.41) is 10.9. The van der Waals surface area contributed by atoms with E-state index in [0.717, 1.165) is 16.9 Å². The average Bonchev–Trinajstić information content (AvgIpc) is 3.40. The molecule has 4 heterocycles. The number of carbonyl (C=O) groups is 1. The Kier molecular flexibility index (Phi) is 4.82. The number of nitrogens with zero attached hydrogens (tertiary/aromatic N) is 4. The van der Waals surface area contributed by atoms with Gasteiger partial charge in [-0.3, -0.25) is 9.78 Å². The Bertz CT molecular complexity index is 1320. The van der Waals surface area contributed by atoms with E-state index in [4.69, 9.17) is 9.52 Å². The first kappa shape index (κ1) is 19.7. The molecule has 160 valence electrons. The van der Waals surface area contributed by atoms with Crippen LogP contribution in [0.1, 0.15) is 30.0 Å². The normalized spacial score (nSPS) is 15.3. The van der Waals surface area contributed by atoms with Crippen LogP contribution in [0.5, 0.6) is 0 Å². The van der Waals surface area contributed by atoms with Gasteiger partial charge in [0.05, 0.1) is 17.5 Å². The summed E-state index contributed by atoms with van der Waals surface area (Å²) in [6.45, 7) is 5.76. The Morgan fingerprint density at radius 2 is 1.91 bits per heavy atom. The summed E-state index contributed by atoms with van der Waals surface area (Å²) in [6.07, 6.45) is 3.26. The quantitative estimate of drug-likeness (QED) is 0.499. The van der Waals surface area contributed by atoms with E-state index >= 15 is 0 Å². The molecule has 1 unspecified atom stereocenters. The van der Waals surface area contributed by atoms with Crippen LogP contribution < -0.4 is 10.6 Å². The third kappa shape index (κ3) is 3.56. The number of hydrogen-bond acceptors (Lipinski definition) is 6. The molecule has 8 heteroatoms. The molecule has 0 aliphatic carbocycles. The number of pyridine rings is 1. The zero-order valence-electron chi connectivity index (χ0n) is 18.0. The summed E-state index contributed by atoms with van der Waals surface area (Å²) in [5.74, 6) is 2.22. The standard InChI is InChI=1S/C24H22N6O2/c1-14-6-9-17(10-7-14)22-28-24-26-16(3)20(23(31)27-18-5-4-12-25-13-18)21(30(24)29-22)19-11-8-15(2)32-19/h4-13,21H,1-3H3,(H,27,31)(H,26,28,29). The van der Waals surface area contributed by atoms with E-state index in [0.29, 0.717) is 34.5 Å². The number of anilines is 2. The van der Waals surface area contributed by atoms with Crippen molar-refractivity contribution in [1.82, 2.24) is 19.7 Å². The topological polar surface area (TPSA) is 97.9 Å². The van der Waals surface area contributed by atoms with Gasteiger partial charge in [-0.1, -0.05) is 29.8 Å². The maximum absolute atomic E-state index is 13.4. The molecular weight excluding hydrogens is 404 g/mol. The predicted molar refractivity (Wildman–Crippen MR) is 121 cm³/mol. The molecule has 1 aliphatic heterocycles. The van der Waals surface area contributed by atoms with E-state index in [1.807, 2.05) is 57.2 Å². The lowest BCUT2D eigenvalue weighted by Crippen LogP contribution is -2.31. The Morgan fingerprint density at radius 3 is 2.59 bits per heavy atom. The van der Waals surface area contributed by atoms with Gasteiger partial charge in [-0.25, -0.2) is 4.68 Å². The lowest BCUT2D eigenvalue weighted by atomic mass is 10.00.